The zero-order valence-corrected chi connectivity index (χ0v) is 15.3. The largest absolute Gasteiger partial charge is 0.385 e. The summed E-state index contributed by atoms with van der Waals surface area (Å²) in [5.41, 5.74) is 1.48. The molecule has 4 nitrogen and oxygen atoms in total. The monoisotopic (exact) mass is 342 g/mol. The van der Waals surface area contributed by atoms with Crippen LogP contribution in [0.3, 0.4) is 0 Å². The van der Waals surface area contributed by atoms with Crippen LogP contribution < -0.4 is 0 Å². The van der Waals surface area contributed by atoms with E-state index in [0.717, 1.165) is 65.0 Å². The van der Waals surface area contributed by atoms with E-state index in [4.69, 9.17) is 4.74 Å². The number of rotatable bonds is 7. The van der Waals surface area contributed by atoms with Crippen LogP contribution in [0.5, 0.6) is 0 Å². The van der Waals surface area contributed by atoms with E-state index in [0.29, 0.717) is 5.91 Å². The SMILES string of the molecule is COCCCN1CC2(CCN(C/C=C/c3ccccc3)CC2)CC1=O. The van der Waals surface area contributed by atoms with E-state index in [-0.39, 0.29) is 5.41 Å². The molecule has 0 aromatic heterocycles. The normalized spacial score (nSPS) is 20.8. The van der Waals surface area contributed by atoms with Gasteiger partial charge in [0.1, 0.15) is 0 Å². The van der Waals surface area contributed by atoms with Crippen molar-refractivity contribution in [3.63, 3.8) is 0 Å². The van der Waals surface area contributed by atoms with Gasteiger partial charge in [0.05, 0.1) is 0 Å². The molecule has 1 aromatic carbocycles. The summed E-state index contributed by atoms with van der Waals surface area (Å²) in [7, 11) is 1.72. The Morgan fingerprint density at radius 3 is 2.68 bits per heavy atom. The van der Waals surface area contributed by atoms with Gasteiger partial charge in [0.25, 0.3) is 0 Å². The number of piperidine rings is 1. The molecule has 2 heterocycles. The molecule has 0 N–H and O–H groups in total. The summed E-state index contributed by atoms with van der Waals surface area (Å²) in [6, 6.07) is 10.4. The number of carbonyl (C=O) groups is 1. The van der Waals surface area contributed by atoms with Crippen molar-refractivity contribution in [1.29, 1.82) is 0 Å². The van der Waals surface area contributed by atoms with Gasteiger partial charge in [-0.05, 0) is 43.3 Å². The number of ether oxygens (including phenoxy) is 1. The molecular weight excluding hydrogens is 312 g/mol. The lowest BCUT2D eigenvalue weighted by Gasteiger charge is -2.38. The van der Waals surface area contributed by atoms with Gasteiger partial charge in [0.15, 0.2) is 0 Å². The Morgan fingerprint density at radius 2 is 1.96 bits per heavy atom. The molecular formula is C21H30N2O2. The third kappa shape index (κ3) is 4.93. The summed E-state index contributed by atoms with van der Waals surface area (Å²) in [6.45, 7) is 5.71. The molecule has 1 amide bonds. The highest BCUT2D eigenvalue weighted by atomic mass is 16.5. The Bertz CT molecular complexity index is 577. The van der Waals surface area contributed by atoms with E-state index in [1.807, 2.05) is 6.07 Å². The topological polar surface area (TPSA) is 32.8 Å². The van der Waals surface area contributed by atoms with Crippen molar-refractivity contribution in [3.8, 4) is 0 Å². The Hall–Kier alpha value is -1.65. The van der Waals surface area contributed by atoms with E-state index >= 15 is 0 Å². The van der Waals surface area contributed by atoms with Gasteiger partial charge in [-0.15, -0.1) is 0 Å². The van der Waals surface area contributed by atoms with E-state index in [1.165, 1.54) is 5.56 Å². The standard InChI is InChI=1S/C21H30N2O2/c1-25-16-6-13-23-18-21(17-20(23)24)10-14-22(15-11-21)12-5-9-19-7-3-2-4-8-19/h2-5,7-9H,6,10-18H2,1H3/b9-5+. The quantitative estimate of drug-likeness (QED) is 0.714. The lowest BCUT2D eigenvalue weighted by molar-refractivity contribution is -0.128. The van der Waals surface area contributed by atoms with E-state index < -0.39 is 0 Å². The lowest BCUT2D eigenvalue weighted by atomic mass is 9.77. The first-order valence-electron chi connectivity index (χ1n) is 9.41. The summed E-state index contributed by atoms with van der Waals surface area (Å²) < 4.78 is 5.11. The number of likely N-dealkylation sites (tertiary alicyclic amines) is 2. The van der Waals surface area contributed by atoms with Crippen molar-refractivity contribution >= 4 is 12.0 Å². The highest BCUT2D eigenvalue weighted by molar-refractivity contribution is 5.79. The van der Waals surface area contributed by atoms with Gasteiger partial charge in [-0.2, -0.15) is 0 Å². The Kier molecular flexibility index (Phi) is 6.27. The molecule has 4 heteroatoms. The fraction of sp³-hybridized carbons (Fsp3) is 0.571. The van der Waals surface area contributed by atoms with Crippen molar-refractivity contribution in [2.24, 2.45) is 5.41 Å². The zero-order valence-electron chi connectivity index (χ0n) is 15.3. The van der Waals surface area contributed by atoms with Gasteiger partial charge in [0.2, 0.25) is 5.91 Å². The molecule has 1 spiro atoms. The second-order valence-electron chi connectivity index (χ2n) is 7.45. The molecule has 2 saturated heterocycles. The molecule has 2 aliphatic heterocycles. The molecule has 136 valence electrons. The maximum Gasteiger partial charge on any atom is 0.223 e. The minimum Gasteiger partial charge on any atom is -0.385 e. The van der Waals surface area contributed by atoms with Crippen molar-refractivity contribution in [1.82, 2.24) is 9.80 Å². The van der Waals surface area contributed by atoms with E-state index in [1.54, 1.807) is 7.11 Å². The molecule has 0 bridgehead atoms. The van der Waals surface area contributed by atoms with Gasteiger partial charge in [-0.25, -0.2) is 0 Å². The van der Waals surface area contributed by atoms with Crippen LogP contribution in [-0.4, -0.2) is 62.1 Å². The summed E-state index contributed by atoms with van der Waals surface area (Å²) >= 11 is 0. The first-order chi connectivity index (χ1) is 12.2. The van der Waals surface area contributed by atoms with Crippen molar-refractivity contribution in [3.05, 3.63) is 42.0 Å². The molecule has 1 aromatic rings. The van der Waals surface area contributed by atoms with Crippen molar-refractivity contribution in [2.45, 2.75) is 25.7 Å². The predicted octanol–water partition coefficient (Wildman–Crippen LogP) is 3.05. The molecule has 0 saturated carbocycles. The third-order valence-corrected chi connectivity index (χ3v) is 5.57. The highest BCUT2D eigenvalue weighted by Gasteiger charge is 2.44. The minimum atomic E-state index is 0.226. The van der Waals surface area contributed by atoms with Crippen molar-refractivity contribution in [2.75, 3.05) is 46.4 Å². The number of hydrogen-bond acceptors (Lipinski definition) is 3. The van der Waals surface area contributed by atoms with E-state index in [2.05, 4.69) is 46.2 Å². The number of carbonyl (C=O) groups excluding carboxylic acids is 1. The van der Waals surface area contributed by atoms with Gasteiger partial charge >= 0.3 is 0 Å². The number of benzene rings is 1. The first-order valence-corrected chi connectivity index (χ1v) is 9.41. The minimum absolute atomic E-state index is 0.226. The van der Waals surface area contributed by atoms with Gasteiger partial charge in [-0.1, -0.05) is 42.5 Å². The second-order valence-corrected chi connectivity index (χ2v) is 7.45. The summed E-state index contributed by atoms with van der Waals surface area (Å²) in [4.78, 5) is 16.9. The molecule has 0 radical (unpaired) electrons. The van der Waals surface area contributed by atoms with Crippen LogP contribution in [0, 0.1) is 5.41 Å². The van der Waals surface area contributed by atoms with Crippen LogP contribution in [-0.2, 0) is 9.53 Å². The fourth-order valence-corrected chi connectivity index (χ4v) is 4.03. The average Bonchev–Trinajstić information content (AvgIpc) is 2.93. The number of hydrogen-bond donors (Lipinski definition) is 0. The third-order valence-electron chi connectivity index (χ3n) is 5.57. The maximum atomic E-state index is 12.3. The second kappa shape index (κ2) is 8.63. The number of methoxy groups -OCH3 is 1. The van der Waals surface area contributed by atoms with Crippen molar-refractivity contribution < 1.29 is 9.53 Å². The fourth-order valence-electron chi connectivity index (χ4n) is 4.03. The lowest BCUT2D eigenvalue weighted by Crippen LogP contribution is -2.41. The number of amides is 1. The van der Waals surface area contributed by atoms with E-state index in [9.17, 15) is 4.79 Å². The summed E-state index contributed by atoms with van der Waals surface area (Å²) in [5.74, 6) is 0.341. The molecule has 25 heavy (non-hydrogen) atoms. The maximum absolute atomic E-state index is 12.3. The Morgan fingerprint density at radius 1 is 1.20 bits per heavy atom. The van der Waals surface area contributed by atoms with Crippen LogP contribution >= 0.6 is 0 Å². The molecule has 3 rings (SSSR count). The zero-order chi connectivity index (χ0) is 17.5. The summed E-state index contributed by atoms with van der Waals surface area (Å²) in [6.07, 6.45) is 8.41. The molecule has 0 aliphatic carbocycles. The smallest absolute Gasteiger partial charge is 0.223 e. The predicted molar refractivity (Wildman–Crippen MR) is 101 cm³/mol. The van der Waals surface area contributed by atoms with Crippen LogP contribution in [0.1, 0.15) is 31.2 Å². The van der Waals surface area contributed by atoms with Crippen LogP contribution in [0.2, 0.25) is 0 Å². The van der Waals surface area contributed by atoms with Gasteiger partial charge in [-0.3, -0.25) is 9.69 Å². The Balaban J connectivity index is 1.44. The molecule has 2 aliphatic rings. The van der Waals surface area contributed by atoms with Gasteiger partial charge < -0.3 is 9.64 Å². The Labute approximate surface area is 151 Å². The number of nitrogens with zero attached hydrogens (tertiary/aromatic N) is 2. The van der Waals surface area contributed by atoms with Gasteiger partial charge in [0, 0.05) is 39.8 Å². The average molecular weight is 342 g/mol. The molecule has 2 fully saturated rings. The van der Waals surface area contributed by atoms with Crippen LogP contribution in [0.15, 0.2) is 36.4 Å². The highest BCUT2D eigenvalue weighted by Crippen LogP contribution is 2.40. The van der Waals surface area contributed by atoms with Crippen LogP contribution in [0.25, 0.3) is 6.08 Å². The summed E-state index contributed by atoms with van der Waals surface area (Å²) in [5, 5.41) is 0. The molecule has 0 atom stereocenters. The molecule has 0 unspecified atom stereocenters. The first kappa shape index (κ1) is 18.2. The van der Waals surface area contributed by atoms with Crippen LogP contribution in [0.4, 0.5) is 0 Å².